The number of nitrogens with zero attached hydrogens (tertiary/aromatic N) is 2. The van der Waals surface area contributed by atoms with E-state index in [0.717, 1.165) is 18.2 Å². The van der Waals surface area contributed by atoms with Crippen molar-refractivity contribution in [3.05, 3.63) is 10.6 Å². The SMILES string of the molecule is COCC(C)N(C)c1nc(C(C)C)c(CNCC(C)C)s1. The molecule has 0 aliphatic heterocycles. The Morgan fingerprint density at radius 3 is 2.43 bits per heavy atom. The summed E-state index contributed by atoms with van der Waals surface area (Å²) in [5, 5.41) is 4.62. The third-order valence-corrected chi connectivity index (χ3v) is 4.63. The Kier molecular flexibility index (Phi) is 7.63. The van der Waals surface area contributed by atoms with Crippen LogP contribution < -0.4 is 10.2 Å². The number of hydrogen-bond donors (Lipinski definition) is 1. The van der Waals surface area contributed by atoms with Gasteiger partial charge in [-0.15, -0.1) is 11.3 Å². The first-order valence-electron chi connectivity index (χ1n) is 7.78. The molecule has 0 bridgehead atoms. The Balaban J connectivity index is 2.83. The van der Waals surface area contributed by atoms with Crippen molar-refractivity contribution in [3.8, 4) is 0 Å². The minimum absolute atomic E-state index is 0.331. The molecule has 0 fully saturated rings. The number of hydrogen-bond acceptors (Lipinski definition) is 5. The molecule has 0 aliphatic carbocycles. The van der Waals surface area contributed by atoms with Gasteiger partial charge in [-0.2, -0.15) is 0 Å². The first-order valence-corrected chi connectivity index (χ1v) is 8.60. The minimum atomic E-state index is 0.331. The lowest BCUT2D eigenvalue weighted by atomic mass is 10.1. The third kappa shape index (κ3) is 5.57. The maximum Gasteiger partial charge on any atom is 0.185 e. The maximum absolute atomic E-state index is 5.24. The predicted molar refractivity (Wildman–Crippen MR) is 92.5 cm³/mol. The van der Waals surface area contributed by atoms with Gasteiger partial charge in [-0.3, -0.25) is 0 Å². The summed E-state index contributed by atoms with van der Waals surface area (Å²) >= 11 is 1.80. The summed E-state index contributed by atoms with van der Waals surface area (Å²) in [6.45, 7) is 13.7. The summed E-state index contributed by atoms with van der Waals surface area (Å²) in [6.07, 6.45) is 0. The summed E-state index contributed by atoms with van der Waals surface area (Å²) in [5.74, 6) is 1.13. The lowest BCUT2D eigenvalue weighted by molar-refractivity contribution is 0.183. The number of aromatic nitrogens is 1. The normalized spacial score (nSPS) is 13.2. The highest BCUT2D eigenvalue weighted by Gasteiger charge is 2.19. The van der Waals surface area contributed by atoms with E-state index in [1.54, 1.807) is 18.4 Å². The molecule has 1 unspecified atom stereocenters. The summed E-state index contributed by atoms with van der Waals surface area (Å²) < 4.78 is 5.24. The van der Waals surface area contributed by atoms with Crippen LogP contribution in [0.25, 0.3) is 0 Å². The largest absolute Gasteiger partial charge is 0.383 e. The van der Waals surface area contributed by atoms with E-state index in [1.165, 1.54) is 10.6 Å². The second kappa shape index (κ2) is 8.71. The van der Waals surface area contributed by atoms with Crippen molar-refractivity contribution in [1.29, 1.82) is 0 Å². The Morgan fingerprint density at radius 1 is 1.24 bits per heavy atom. The fourth-order valence-electron chi connectivity index (χ4n) is 2.10. The van der Waals surface area contributed by atoms with Gasteiger partial charge in [0.15, 0.2) is 5.13 Å². The number of likely N-dealkylation sites (N-methyl/N-ethyl adjacent to an activating group) is 1. The highest BCUT2D eigenvalue weighted by Crippen LogP contribution is 2.31. The Bertz CT molecular complexity index is 418. The molecule has 1 N–H and O–H groups in total. The first kappa shape index (κ1) is 18.4. The fourth-order valence-corrected chi connectivity index (χ4v) is 3.34. The number of ether oxygens (including phenoxy) is 1. The van der Waals surface area contributed by atoms with Crippen LogP contribution >= 0.6 is 11.3 Å². The highest BCUT2D eigenvalue weighted by atomic mass is 32.1. The van der Waals surface area contributed by atoms with E-state index in [2.05, 4.69) is 51.9 Å². The van der Waals surface area contributed by atoms with Crippen LogP contribution in [0.4, 0.5) is 5.13 Å². The molecule has 1 rings (SSSR count). The Morgan fingerprint density at radius 2 is 1.90 bits per heavy atom. The first-order chi connectivity index (χ1) is 9.86. The van der Waals surface area contributed by atoms with Gasteiger partial charge < -0.3 is 15.0 Å². The smallest absolute Gasteiger partial charge is 0.185 e. The van der Waals surface area contributed by atoms with Crippen LogP contribution in [-0.4, -0.2) is 38.3 Å². The number of anilines is 1. The van der Waals surface area contributed by atoms with E-state index in [4.69, 9.17) is 9.72 Å². The van der Waals surface area contributed by atoms with Gasteiger partial charge in [0.1, 0.15) is 0 Å². The molecule has 0 spiro atoms. The molecule has 0 saturated heterocycles. The second-order valence-electron chi connectivity index (χ2n) is 6.40. The van der Waals surface area contributed by atoms with Gasteiger partial charge >= 0.3 is 0 Å². The molecule has 0 saturated carbocycles. The van der Waals surface area contributed by atoms with E-state index in [0.29, 0.717) is 24.5 Å². The van der Waals surface area contributed by atoms with Crippen molar-refractivity contribution in [1.82, 2.24) is 10.3 Å². The molecule has 0 radical (unpaired) electrons. The molecule has 21 heavy (non-hydrogen) atoms. The molecule has 5 heteroatoms. The predicted octanol–water partition coefficient (Wildman–Crippen LogP) is 3.48. The van der Waals surface area contributed by atoms with E-state index >= 15 is 0 Å². The maximum atomic E-state index is 5.24. The third-order valence-electron chi connectivity index (χ3n) is 3.47. The van der Waals surface area contributed by atoms with Crippen molar-refractivity contribution in [2.24, 2.45) is 5.92 Å². The zero-order chi connectivity index (χ0) is 16.0. The van der Waals surface area contributed by atoms with Crippen LogP contribution in [0.1, 0.15) is 51.1 Å². The monoisotopic (exact) mass is 313 g/mol. The Hall–Kier alpha value is -0.650. The number of thiazole rings is 1. The second-order valence-corrected chi connectivity index (χ2v) is 7.46. The van der Waals surface area contributed by atoms with Crippen LogP contribution in [-0.2, 0) is 11.3 Å². The molecule has 0 aromatic carbocycles. The summed E-state index contributed by atoms with van der Waals surface area (Å²) in [7, 11) is 3.84. The van der Waals surface area contributed by atoms with E-state index in [1.807, 2.05) is 0 Å². The average molecular weight is 314 g/mol. The van der Waals surface area contributed by atoms with Crippen molar-refractivity contribution in [2.75, 3.05) is 32.2 Å². The molecule has 1 aromatic rings. The number of methoxy groups -OCH3 is 1. The van der Waals surface area contributed by atoms with Crippen molar-refractivity contribution in [3.63, 3.8) is 0 Å². The number of rotatable bonds is 9. The standard InChI is InChI=1S/C16H31N3OS/c1-11(2)8-17-9-14-15(12(3)4)18-16(21-14)19(6)13(5)10-20-7/h11-13,17H,8-10H2,1-7H3. The molecular formula is C16H31N3OS. The lowest BCUT2D eigenvalue weighted by Crippen LogP contribution is -2.32. The van der Waals surface area contributed by atoms with Gasteiger partial charge in [-0.1, -0.05) is 27.7 Å². The van der Waals surface area contributed by atoms with Crippen LogP contribution in [0.5, 0.6) is 0 Å². The Labute approximate surface area is 133 Å². The van der Waals surface area contributed by atoms with Crippen LogP contribution in [0, 0.1) is 5.92 Å². The highest BCUT2D eigenvalue weighted by molar-refractivity contribution is 7.15. The molecule has 0 aliphatic rings. The van der Waals surface area contributed by atoms with Crippen LogP contribution in [0.15, 0.2) is 0 Å². The minimum Gasteiger partial charge on any atom is -0.383 e. The summed E-state index contributed by atoms with van der Waals surface area (Å²) in [6, 6.07) is 0.331. The lowest BCUT2D eigenvalue weighted by Gasteiger charge is -2.23. The van der Waals surface area contributed by atoms with Gasteiger partial charge in [-0.25, -0.2) is 4.98 Å². The van der Waals surface area contributed by atoms with Gasteiger partial charge in [0.2, 0.25) is 0 Å². The van der Waals surface area contributed by atoms with Gasteiger partial charge in [0, 0.05) is 25.6 Å². The van der Waals surface area contributed by atoms with E-state index < -0.39 is 0 Å². The zero-order valence-corrected chi connectivity index (χ0v) is 15.4. The molecule has 0 amide bonds. The van der Waals surface area contributed by atoms with Crippen LogP contribution in [0.3, 0.4) is 0 Å². The van der Waals surface area contributed by atoms with Crippen molar-refractivity contribution in [2.45, 2.75) is 53.1 Å². The molecule has 1 aromatic heterocycles. The van der Waals surface area contributed by atoms with Gasteiger partial charge in [0.25, 0.3) is 0 Å². The topological polar surface area (TPSA) is 37.4 Å². The summed E-state index contributed by atoms with van der Waals surface area (Å²) in [5.41, 5.74) is 1.22. The quantitative estimate of drug-likeness (QED) is 0.757. The van der Waals surface area contributed by atoms with Gasteiger partial charge in [0.05, 0.1) is 18.3 Å². The molecular weight excluding hydrogens is 282 g/mol. The zero-order valence-electron chi connectivity index (χ0n) is 14.6. The van der Waals surface area contributed by atoms with Gasteiger partial charge in [-0.05, 0) is 25.3 Å². The molecule has 4 nitrogen and oxygen atoms in total. The molecule has 1 heterocycles. The summed E-state index contributed by atoms with van der Waals surface area (Å²) in [4.78, 5) is 8.43. The fraction of sp³-hybridized carbons (Fsp3) is 0.812. The van der Waals surface area contributed by atoms with Crippen molar-refractivity contribution < 1.29 is 4.74 Å². The molecule has 122 valence electrons. The number of nitrogens with one attached hydrogen (secondary N) is 1. The van der Waals surface area contributed by atoms with E-state index in [-0.39, 0.29) is 0 Å². The molecule has 1 atom stereocenters. The van der Waals surface area contributed by atoms with Crippen LogP contribution in [0.2, 0.25) is 0 Å². The van der Waals surface area contributed by atoms with Crippen molar-refractivity contribution >= 4 is 16.5 Å². The van der Waals surface area contributed by atoms with E-state index in [9.17, 15) is 0 Å². The average Bonchev–Trinajstić information content (AvgIpc) is 2.82.